The Morgan fingerprint density at radius 3 is 2.47 bits per heavy atom. The molecule has 0 aliphatic heterocycles. The van der Waals surface area contributed by atoms with Gasteiger partial charge >= 0.3 is 0 Å². The lowest BCUT2D eigenvalue weighted by molar-refractivity contribution is 0.00519. The Morgan fingerprint density at radius 1 is 0.977 bits per heavy atom. The number of pyridine rings is 1. The van der Waals surface area contributed by atoms with Gasteiger partial charge in [-0.05, 0) is 92.7 Å². The minimum atomic E-state index is -1.47. The van der Waals surface area contributed by atoms with Crippen LogP contribution in [-0.2, 0) is 5.60 Å². The lowest BCUT2D eigenvalue weighted by atomic mass is 9.70. The maximum atomic E-state index is 13.3. The molecule has 8 nitrogen and oxygen atoms in total. The highest BCUT2D eigenvalue weighted by atomic mass is 16.5. The predicted octanol–water partition coefficient (Wildman–Crippen LogP) is 6.63. The highest BCUT2D eigenvalue weighted by Gasteiger charge is 2.43. The van der Waals surface area contributed by atoms with E-state index in [2.05, 4.69) is 16.0 Å². The van der Waals surface area contributed by atoms with Crippen molar-refractivity contribution >= 4 is 21.7 Å². The van der Waals surface area contributed by atoms with Crippen LogP contribution in [0.15, 0.2) is 77.4 Å². The third-order valence-electron chi connectivity index (χ3n) is 7.71. The van der Waals surface area contributed by atoms with Crippen molar-refractivity contribution in [3.63, 3.8) is 0 Å². The highest BCUT2D eigenvalue weighted by molar-refractivity contribution is 5.87. The van der Waals surface area contributed by atoms with Gasteiger partial charge in [0.25, 0.3) is 0 Å². The quantitative estimate of drug-likeness (QED) is 0.186. The molecule has 0 saturated heterocycles. The van der Waals surface area contributed by atoms with Crippen LogP contribution in [0.1, 0.15) is 48.4 Å². The van der Waals surface area contributed by atoms with E-state index in [-0.39, 0.29) is 6.10 Å². The number of methoxy groups -OCH3 is 2. The number of fused-ring (bicyclic) bond motifs is 2. The summed E-state index contributed by atoms with van der Waals surface area (Å²) in [6, 6.07) is 23.1. The van der Waals surface area contributed by atoms with Crippen molar-refractivity contribution in [2.45, 2.75) is 37.9 Å². The Kier molecular flexibility index (Phi) is 8.58. The van der Waals surface area contributed by atoms with Gasteiger partial charge in [0.2, 0.25) is 11.8 Å². The number of rotatable bonds is 11. The summed E-state index contributed by atoms with van der Waals surface area (Å²) in [6.07, 6.45) is 1.89. The van der Waals surface area contributed by atoms with Gasteiger partial charge in [0, 0.05) is 35.5 Å². The molecule has 5 rings (SSSR count). The van der Waals surface area contributed by atoms with Gasteiger partial charge in [0.05, 0.1) is 38.2 Å². The molecule has 222 valence electrons. The SMILES string of the molecule is COc1cc([C@H](c2cc3cc(C#N)ccc3cc2OC)[C@@](O)(CCN(C)C)c2cccc3occc23)cc(OC(C)C)n1. The topological polar surface area (TPSA) is 101 Å². The molecule has 0 saturated carbocycles. The largest absolute Gasteiger partial charge is 0.496 e. The third kappa shape index (κ3) is 6.00. The van der Waals surface area contributed by atoms with E-state index in [1.165, 1.54) is 0 Å². The van der Waals surface area contributed by atoms with Crippen LogP contribution in [0.25, 0.3) is 21.7 Å². The first-order chi connectivity index (χ1) is 20.7. The summed E-state index contributed by atoms with van der Waals surface area (Å²) >= 11 is 0. The molecule has 8 heteroatoms. The van der Waals surface area contributed by atoms with E-state index in [1.54, 1.807) is 26.5 Å². The molecule has 43 heavy (non-hydrogen) atoms. The van der Waals surface area contributed by atoms with E-state index >= 15 is 0 Å². The van der Waals surface area contributed by atoms with Crippen LogP contribution in [-0.4, -0.2) is 56.0 Å². The van der Waals surface area contributed by atoms with Crippen LogP contribution in [0.4, 0.5) is 0 Å². The predicted molar refractivity (Wildman–Crippen MR) is 167 cm³/mol. The molecule has 0 fully saturated rings. The van der Waals surface area contributed by atoms with Crippen molar-refractivity contribution in [2.75, 3.05) is 34.9 Å². The lowest BCUT2D eigenvalue weighted by Crippen LogP contribution is -2.38. The Balaban J connectivity index is 1.88. The molecule has 3 aromatic carbocycles. The second-order valence-corrected chi connectivity index (χ2v) is 11.3. The molecule has 0 radical (unpaired) electrons. The fraction of sp³-hybridized carbons (Fsp3) is 0.314. The molecule has 0 amide bonds. The standard InChI is InChI=1S/C35H37N3O5/c1-22(2)43-33-20-26(19-32(37-33)41-6)34(28-17-25-16-23(21-36)10-11-24(25)18-31(28)40-5)35(39,13-14-38(3)4)29-8-7-9-30-27(29)12-15-42-30/h7-12,15-20,22,34,39H,13-14H2,1-6H3/t34-,35-/m1/s1. The second kappa shape index (κ2) is 12.3. The average molecular weight is 580 g/mol. The highest BCUT2D eigenvalue weighted by Crippen LogP contribution is 2.50. The van der Waals surface area contributed by atoms with E-state index in [4.69, 9.17) is 18.6 Å². The molecule has 2 heterocycles. The maximum Gasteiger partial charge on any atom is 0.217 e. The number of hydrogen-bond acceptors (Lipinski definition) is 8. The smallest absolute Gasteiger partial charge is 0.217 e. The first-order valence-corrected chi connectivity index (χ1v) is 14.2. The van der Waals surface area contributed by atoms with Crippen LogP contribution >= 0.6 is 0 Å². The van der Waals surface area contributed by atoms with Crippen LogP contribution < -0.4 is 14.2 Å². The number of furan rings is 1. The van der Waals surface area contributed by atoms with Crippen LogP contribution in [0.3, 0.4) is 0 Å². The van der Waals surface area contributed by atoms with Gasteiger partial charge in [0.1, 0.15) is 16.9 Å². The van der Waals surface area contributed by atoms with Gasteiger partial charge in [-0.15, -0.1) is 0 Å². The van der Waals surface area contributed by atoms with Crippen molar-refractivity contribution < 1.29 is 23.7 Å². The lowest BCUT2D eigenvalue weighted by Gasteiger charge is -2.39. The Morgan fingerprint density at radius 2 is 1.77 bits per heavy atom. The molecule has 2 atom stereocenters. The van der Waals surface area contributed by atoms with E-state index < -0.39 is 11.5 Å². The van der Waals surface area contributed by atoms with Crippen molar-refractivity contribution in [1.82, 2.24) is 9.88 Å². The van der Waals surface area contributed by atoms with Crippen molar-refractivity contribution in [3.8, 4) is 23.6 Å². The molecular weight excluding hydrogens is 542 g/mol. The van der Waals surface area contributed by atoms with Gasteiger partial charge in [-0.1, -0.05) is 18.2 Å². The molecule has 0 aliphatic rings. The van der Waals surface area contributed by atoms with Crippen molar-refractivity contribution in [1.29, 1.82) is 5.26 Å². The van der Waals surface area contributed by atoms with Crippen LogP contribution in [0.5, 0.6) is 17.5 Å². The van der Waals surface area contributed by atoms with E-state index in [9.17, 15) is 10.4 Å². The van der Waals surface area contributed by atoms with Gasteiger partial charge in [-0.3, -0.25) is 0 Å². The minimum absolute atomic E-state index is 0.127. The van der Waals surface area contributed by atoms with Gasteiger partial charge < -0.3 is 28.6 Å². The molecule has 5 aromatic rings. The minimum Gasteiger partial charge on any atom is -0.496 e. The van der Waals surface area contributed by atoms with Gasteiger partial charge in [-0.25, -0.2) is 0 Å². The number of aromatic nitrogens is 1. The van der Waals surface area contributed by atoms with E-state index in [1.807, 2.05) is 88.6 Å². The Hall–Kier alpha value is -4.58. The number of benzene rings is 3. The molecular formula is C35H37N3O5. The number of nitriles is 1. The first-order valence-electron chi connectivity index (χ1n) is 14.2. The van der Waals surface area contributed by atoms with Gasteiger partial charge in [-0.2, -0.15) is 10.2 Å². The average Bonchev–Trinajstić information content (AvgIpc) is 3.48. The zero-order valence-electron chi connectivity index (χ0n) is 25.4. The molecule has 0 aliphatic carbocycles. The van der Waals surface area contributed by atoms with Gasteiger partial charge in [0.15, 0.2) is 0 Å². The number of aliphatic hydroxyl groups is 1. The number of ether oxygens (including phenoxy) is 3. The summed E-state index contributed by atoms with van der Waals surface area (Å²) in [4.78, 5) is 6.59. The molecule has 0 spiro atoms. The zero-order chi connectivity index (χ0) is 30.7. The summed E-state index contributed by atoms with van der Waals surface area (Å²) in [5, 5.41) is 25.5. The maximum absolute atomic E-state index is 13.3. The fourth-order valence-electron chi connectivity index (χ4n) is 5.75. The second-order valence-electron chi connectivity index (χ2n) is 11.3. The number of hydrogen-bond donors (Lipinski definition) is 1. The summed E-state index contributed by atoms with van der Waals surface area (Å²) in [5.41, 5.74) is 1.96. The van der Waals surface area contributed by atoms with Crippen molar-refractivity contribution in [3.05, 3.63) is 95.2 Å². The summed E-state index contributed by atoms with van der Waals surface area (Å²) in [6.45, 7) is 4.46. The fourth-order valence-corrected chi connectivity index (χ4v) is 5.75. The molecule has 1 N–H and O–H groups in total. The van der Waals surface area contributed by atoms with Crippen molar-refractivity contribution in [2.24, 2.45) is 0 Å². The normalized spacial score (nSPS) is 13.7. The summed E-state index contributed by atoms with van der Waals surface area (Å²) in [5.74, 6) is 0.676. The molecule has 0 unspecified atom stereocenters. The Bertz CT molecular complexity index is 1790. The zero-order valence-corrected chi connectivity index (χ0v) is 25.4. The van der Waals surface area contributed by atoms with Crippen LogP contribution in [0, 0.1) is 11.3 Å². The van der Waals surface area contributed by atoms with E-state index in [0.29, 0.717) is 41.6 Å². The number of nitrogens with zero attached hydrogens (tertiary/aromatic N) is 3. The third-order valence-corrected chi connectivity index (χ3v) is 7.71. The van der Waals surface area contributed by atoms with E-state index in [0.717, 1.165) is 32.8 Å². The molecule has 2 aromatic heterocycles. The summed E-state index contributed by atoms with van der Waals surface area (Å²) < 4.78 is 23.5. The monoisotopic (exact) mass is 579 g/mol. The first kappa shape index (κ1) is 29.9. The molecule has 0 bridgehead atoms. The Labute approximate surface area is 252 Å². The summed E-state index contributed by atoms with van der Waals surface area (Å²) in [7, 11) is 7.15. The van der Waals surface area contributed by atoms with Crippen LogP contribution in [0.2, 0.25) is 0 Å².